The highest BCUT2D eigenvalue weighted by atomic mass is 19.1. The number of carbonyl (C=O) groups excluding carboxylic acids is 1. The molecule has 1 aliphatic rings. The van der Waals surface area contributed by atoms with Crippen LogP contribution >= 0.6 is 0 Å². The van der Waals surface area contributed by atoms with Crippen LogP contribution in [0.1, 0.15) is 37.1 Å². The lowest BCUT2D eigenvalue weighted by Gasteiger charge is -2.13. The number of carbonyl (C=O) groups is 1. The van der Waals surface area contributed by atoms with E-state index >= 15 is 0 Å². The molecular formula is C22H21FN6O2. The molecule has 0 radical (unpaired) electrons. The topological polar surface area (TPSA) is 105 Å². The molecule has 9 heteroatoms. The van der Waals surface area contributed by atoms with Crippen molar-refractivity contribution < 1.29 is 14.3 Å². The van der Waals surface area contributed by atoms with Crippen molar-refractivity contribution in [1.82, 2.24) is 24.6 Å². The van der Waals surface area contributed by atoms with Crippen LogP contribution in [-0.2, 0) is 4.79 Å². The Kier molecular flexibility index (Phi) is 4.62. The number of rotatable bonds is 5. The van der Waals surface area contributed by atoms with Gasteiger partial charge in [-0.2, -0.15) is 5.10 Å². The molecule has 1 fully saturated rings. The number of aliphatic hydroxyl groups is 1. The maximum Gasteiger partial charge on any atom is 0.231 e. The van der Waals surface area contributed by atoms with Crippen molar-refractivity contribution in [3.05, 3.63) is 48.2 Å². The highest BCUT2D eigenvalue weighted by Crippen LogP contribution is 2.35. The Hall–Kier alpha value is -3.46. The largest absolute Gasteiger partial charge is 0.387 e. The van der Waals surface area contributed by atoms with Crippen molar-refractivity contribution in [1.29, 1.82) is 0 Å². The summed E-state index contributed by atoms with van der Waals surface area (Å²) >= 11 is 0. The highest BCUT2D eigenvalue weighted by molar-refractivity contribution is 5.97. The van der Waals surface area contributed by atoms with Crippen LogP contribution in [0.4, 0.5) is 10.2 Å². The fourth-order valence-corrected chi connectivity index (χ4v) is 3.74. The van der Waals surface area contributed by atoms with E-state index in [0.29, 0.717) is 23.6 Å². The number of anilines is 1. The molecule has 1 amide bonds. The molecule has 1 aliphatic carbocycles. The second-order valence-corrected chi connectivity index (χ2v) is 7.88. The minimum Gasteiger partial charge on any atom is -0.387 e. The number of aromatic nitrogens is 5. The first-order valence-corrected chi connectivity index (χ1v) is 10.2. The van der Waals surface area contributed by atoms with Crippen LogP contribution < -0.4 is 5.32 Å². The Bertz CT molecular complexity index is 1320. The Morgan fingerprint density at radius 1 is 1.26 bits per heavy atom. The number of aryl methyl sites for hydroxylation is 1. The molecule has 4 aromatic rings. The first kappa shape index (κ1) is 19.5. The summed E-state index contributed by atoms with van der Waals surface area (Å²) in [5.74, 6) is -0.602. The zero-order valence-electron chi connectivity index (χ0n) is 17.1. The molecule has 0 unspecified atom stereocenters. The van der Waals surface area contributed by atoms with Gasteiger partial charge in [-0.05, 0) is 37.5 Å². The van der Waals surface area contributed by atoms with Crippen LogP contribution in [0.15, 0.2) is 36.9 Å². The number of fused-ring (bicyclic) bond motifs is 3. The number of pyridine rings is 3. The molecule has 4 aromatic heterocycles. The molecule has 31 heavy (non-hydrogen) atoms. The van der Waals surface area contributed by atoms with Crippen molar-refractivity contribution in [3.63, 3.8) is 0 Å². The molecular weight excluding hydrogens is 399 g/mol. The maximum absolute atomic E-state index is 13.2. The maximum atomic E-state index is 13.2. The molecule has 1 saturated carbocycles. The van der Waals surface area contributed by atoms with E-state index in [1.54, 1.807) is 23.0 Å². The van der Waals surface area contributed by atoms with Crippen LogP contribution in [-0.4, -0.2) is 41.8 Å². The molecule has 4 heterocycles. The van der Waals surface area contributed by atoms with Gasteiger partial charge in [0.2, 0.25) is 5.91 Å². The summed E-state index contributed by atoms with van der Waals surface area (Å²) in [6.45, 7) is 3.87. The van der Waals surface area contributed by atoms with Crippen molar-refractivity contribution in [2.24, 2.45) is 5.92 Å². The van der Waals surface area contributed by atoms with Crippen molar-refractivity contribution in [2.75, 3.05) is 5.32 Å². The number of aliphatic hydroxyl groups excluding tert-OH is 1. The second-order valence-electron chi connectivity index (χ2n) is 7.88. The zero-order valence-corrected chi connectivity index (χ0v) is 17.1. The average molecular weight is 420 g/mol. The number of nitrogens with one attached hydrogen (secondary N) is 1. The minimum absolute atomic E-state index is 0.261. The Labute approximate surface area is 177 Å². The van der Waals surface area contributed by atoms with E-state index in [2.05, 4.69) is 25.4 Å². The molecule has 3 atom stereocenters. The third-order valence-corrected chi connectivity index (χ3v) is 5.68. The fraction of sp³-hybridized carbons (Fsp3) is 0.318. The van der Waals surface area contributed by atoms with Crippen LogP contribution in [0.25, 0.3) is 27.7 Å². The molecule has 0 spiro atoms. The summed E-state index contributed by atoms with van der Waals surface area (Å²) in [6, 6.07) is 5.55. The normalized spacial score (nSPS) is 19.0. The van der Waals surface area contributed by atoms with Gasteiger partial charge >= 0.3 is 0 Å². The quantitative estimate of drug-likeness (QED) is 0.513. The predicted molar refractivity (Wildman–Crippen MR) is 113 cm³/mol. The van der Waals surface area contributed by atoms with Crippen LogP contribution in [0.2, 0.25) is 0 Å². The van der Waals surface area contributed by atoms with Gasteiger partial charge in [-0.1, -0.05) is 6.92 Å². The number of halogens is 1. The molecule has 0 saturated heterocycles. The average Bonchev–Trinajstić information content (AvgIpc) is 3.30. The zero-order chi connectivity index (χ0) is 21.7. The Balaban J connectivity index is 1.58. The molecule has 8 nitrogen and oxygen atoms in total. The number of amides is 1. The van der Waals surface area contributed by atoms with Gasteiger partial charge in [-0.15, -0.1) is 0 Å². The van der Waals surface area contributed by atoms with Gasteiger partial charge in [-0.25, -0.2) is 18.9 Å². The van der Waals surface area contributed by atoms with Gasteiger partial charge < -0.3 is 10.4 Å². The lowest BCUT2D eigenvalue weighted by molar-refractivity contribution is -0.117. The lowest BCUT2D eigenvalue weighted by Crippen LogP contribution is -2.16. The first-order valence-electron chi connectivity index (χ1n) is 10.2. The summed E-state index contributed by atoms with van der Waals surface area (Å²) in [6.07, 6.45) is 4.04. The summed E-state index contributed by atoms with van der Waals surface area (Å²) in [5.41, 5.74) is 4.67. The van der Waals surface area contributed by atoms with E-state index in [0.717, 1.165) is 27.6 Å². The van der Waals surface area contributed by atoms with Crippen LogP contribution in [0.5, 0.6) is 0 Å². The second kappa shape index (κ2) is 7.35. The highest BCUT2D eigenvalue weighted by Gasteiger charge is 2.43. The number of hydrogen-bond donors (Lipinski definition) is 2. The summed E-state index contributed by atoms with van der Waals surface area (Å²) in [4.78, 5) is 25.2. The molecule has 0 aliphatic heterocycles. The van der Waals surface area contributed by atoms with Gasteiger partial charge in [0.25, 0.3) is 0 Å². The van der Waals surface area contributed by atoms with Crippen LogP contribution in [0.3, 0.4) is 0 Å². The van der Waals surface area contributed by atoms with Gasteiger partial charge in [0.15, 0.2) is 5.65 Å². The van der Waals surface area contributed by atoms with Crippen molar-refractivity contribution in [3.8, 4) is 11.1 Å². The smallest absolute Gasteiger partial charge is 0.231 e. The van der Waals surface area contributed by atoms with E-state index in [1.807, 2.05) is 26.0 Å². The fourth-order valence-electron chi connectivity index (χ4n) is 3.74. The summed E-state index contributed by atoms with van der Waals surface area (Å²) < 4.78 is 14.8. The SMILES string of the molecule is CC[C@@H](O)c1cc(C)c(-c2cc3cnc(NC(=O)[C@@H]4C[C@@H]4F)cc3n3ncnc23)cn1. The minimum atomic E-state index is -1.06. The van der Waals surface area contributed by atoms with E-state index in [1.165, 1.54) is 6.33 Å². The molecule has 0 bridgehead atoms. The van der Waals surface area contributed by atoms with Gasteiger partial charge in [0, 0.05) is 35.0 Å². The molecule has 5 rings (SSSR count). The third kappa shape index (κ3) is 3.40. The third-order valence-electron chi connectivity index (χ3n) is 5.68. The lowest BCUT2D eigenvalue weighted by atomic mass is 10.0. The van der Waals surface area contributed by atoms with E-state index < -0.39 is 18.2 Å². The Morgan fingerprint density at radius 2 is 2.06 bits per heavy atom. The number of hydrogen-bond acceptors (Lipinski definition) is 6. The van der Waals surface area contributed by atoms with Crippen LogP contribution in [0, 0.1) is 12.8 Å². The monoisotopic (exact) mass is 420 g/mol. The van der Waals surface area contributed by atoms with Crippen molar-refractivity contribution in [2.45, 2.75) is 39.0 Å². The first-order chi connectivity index (χ1) is 15.0. The predicted octanol–water partition coefficient (Wildman–Crippen LogP) is 3.39. The number of nitrogens with zero attached hydrogens (tertiary/aromatic N) is 5. The van der Waals surface area contributed by atoms with E-state index in [9.17, 15) is 14.3 Å². The Morgan fingerprint density at radius 3 is 2.77 bits per heavy atom. The summed E-state index contributed by atoms with van der Waals surface area (Å²) in [5, 5.41) is 17.9. The van der Waals surface area contributed by atoms with Gasteiger partial charge in [0.1, 0.15) is 18.3 Å². The van der Waals surface area contributed by atoms with Gasteiger partial charge in [0.05, 0.1) is 23.2 Å². The summed E-state index contributed by atoms with van der Waals surface area (Å²) in [7, 11) is 0. The van der Waals surface area contributed by atoms with E-state index in [4.69, 9.17) is 0 Å². The molecule has 0 aromatic carbocycles. The molecule has 158 valence electrons. The van der Waals surface area contributed by atoms with E-state index in [-0.39, 0.29) is 12.3 Å². The van der Waals surface area contributed by atoms with Crippen molar-refractivity contribution >= 4 is 28.3 Å². The standard InChI is InChI=1S/C22H21FN6O2/c1-3-19(30)17-4-11(2)15(9-24-17)13-5-12-8-25-20(28-22(31)14-6-16(14)23)7-18(12)29-21(13)26-10-27-29/h4-5,7-10,14,16,19,30H,3,6H2,1-2H3,(H,25,28,31)/t14-,16+,19-/m1/s1. The number of alkyl halides is 1. The van der Waals surface area contributed by atoms with Gasteiger partial charge in [-0.3, -0.25) is 9.78 Å². The molecule has 2 N–H and O–H groups in total.